The second kappa shape index (κ2) is 7.08. The first-order valence-corrected chi connectivity index (χ1v) is 8.52. The fourth-order valence-corrected chi connectivity index (χ4v) is 3.73. The van der Waals surface area contributed by atoms with Crippen molar-refractivity contribution in [1.29, 1.82) is 0 Å². The maximum absolute atomic E-state index is 5.93. The summed E-state index contributed by atoms with van der Waals surface area (Å²) in [5, 5.41) is 3.83. The second-order valence-electron chi connectivity index (χ2n) is 7.04. The summed E-state index contributed by atoms with van der Waals surface area (Å²) in [5.41, 5.74) is 0.121. The highest BCUT2D eigenvalue weighted by Gasteiger charge is 2.31. The Morgan fingerprint density at radius 3 is 2.37 bits per heavy atom. The van der Waals surface area contributed by atoms with Gasteiger partial charge in [-0.3, -0.25) is 0 Å². The van der Waals surface area contributed by atoms with Crippen LogP contribution in [0.5, 0.6) is 0 Å². The molecular formula is C17H33NO. The van der Waals surface area contributed by atoms with E-state index >= 15 is 0 Å². The van der Waals surface area contributed by atoms with Crippen LogP contribution < -0.4 is 5.32 Å². The van der Waals surface area contributed by atoms with Crippen molar-refractivity contribution in [2.45, 2.75) is 83.8 Å². The van der Waals surface area contributed by atoms with Crippen molar-refractivity contribution in [3.63, 3.8) is 0 Å². The first kappa shape index (κ1) is 15.3. The van der Waals surface area contributed by atoms with E-state index in [2.05, 4.69) is 26.1 Å². The van der Waals surface area contributed by atoms with Crippen LogP contribution in [-0.2, 0) is 4.74 Å². The van der Waals surface area contributed by atoms with E-state index in [0.29, 0.717) is 6.04 Å². The monoisotopic (exact) mass is 267 g/mol. The molecule has 2 nitrogen and oxygen atoms in total. The van der Waals surface area contributed by atoms with Crippen LogP contribution in [0.1, 0.15) is 72.1 Å². The van der Waals surface area contributed by atoms with Crippen LogP contribution >= 0.6 is 0 Å². The zero-order valence-corrected chi connectivity index (χ0v) is 13.2. The van der Waals surface area contributed by atoms with Crippen LogP contribution in [0.4, 0.5) is 0 Å². The van der Waals surface area contributed by atoms with Crippen molar-refractivity contribution < 1.29 is 4.74 Å². The van der Waals surface area contributed by atoms with E-state index in [1.54, 1.807) is 0 Å². The summed E-state index contributed by atoms with van der Waals surface area (Å²) < 4.78 is 5.93. The standard InChI is InChI=1S/C17H33NO/c1-4-14-6-8-15(9-7-14)13-18-16-10-11-19-17(3,5-2)12-16/h14-16,18H,4-13H2,1-3H3. The van der Waals surface area contributed by atoms with Crippen LogP contribution in [0.3, 0.4) is 0 Å². The van der Waals surface area contributed by atoms with Crippen molar-refractivity contribution in [3.05, 3.63) is 0 Å². The Bertz CT molecular complexity index is 260. The second-order valence-corrected chi connectivity index (χ2v) is 7.04. The molecule has 112 valence electrons. The van der Waals surface area contributed by atoms with Gasteiger partial charge in [0.1, 0.15) is 0 Å². The minimum absolute atomic E-state index is 0.121. The minimum atomic E-state index is 0.121. The quantitative estimate of drug-likeness (QED) is 0.808. The summed E-state index contributed by atoms with van der Waals surface area (Å²) in [6.07, 6.45) is 10.7. The molecule has 2 rings (SSSR count). The summed E-state index contributed by atoms with van der Waals surface area (Å²) in [7, 11) is 0. The lowest BCUT2D eigenvalue weighted by molar-refractivity contribution is -0.0783. The van der Waals surface area contributed by atoms with Gasteiger partial charge < -0.3 is 10.1 Å². The number of rotatable bonds is 5. The SMILES string of the molecule is CCC1CCC(CNC2CCOC(C)(CC)C2)CC1. The van der Waals surface area contributed by atoms with Gasteiger partial charge in [-0.1, -0.05) is 33.1 Å². The topological polar surface area (TPSA) is 21.3 Å². The first-order chi connectivity index (χ1) is 9.15. The molecule has 1 heterocycles. The number of hydrogen-bond acceptors (Lipinski definition) is 2. The fourth-order valence-electron chi connectivity index (χ4n) is 3.73. The normalized spacial score (nSPS) is 40.3. The van der Waals surface area contributed by atoms with E-state index in [1.807, 2.05) is 0 Å². The molecule has 1 aliphatic carbocycles. The molecule has 0 spiro atoms. The van der Waals surface area contributed by atoms with E-state index in [1.165, 1.54) is 51.5 Å². The molecular weight excluding hydrogens is 234 g/mol. The van der Waals surface area contributed by atoms with Gasteiger partial charge in [0, 0.05) is 12.6 Å². The van der Waals surface area contributed by atoms with Gasteiger partial charge in [-0.25, -0.2) is 0 Å². The third kappa shape index (κ3) is 4.46. The summed E-state index contributed by atoms with van der Waals surface area (Å²) in [6.45, 7) is 9.03. The molecule has 1 N–H and O–H groups in total. The Morgan fingerprint density at radius 2 is 1.74 bits per heavy atom. The number of nitrogens with one attached hydrogen (secondary N) is 1. The lowest BCUT2D eigenvalue weighted by atomic mass is 9.80. The summed E-state index contributed by atoms with van der Waals surface area (Å²) in [6, 6.07) is 0.683. The van der Waals surface area contributed by atoms with Crippen molar-refractivity contribution in [1.82, 2.24) is 5.32 Å². The van der Waals surface area contributed by atoms with Crippen molar-refractivity contribution in [2.24, 2.45) is 11.8 Å². The third-order valence-electron chi connectivity index (χ3n) is 5.58. The van der Waals surface area contributed by atoms with Crippen molar-refractivity contribution in [2.75, 3.05) is 13.2 Å². The maximum atomic E-state index is 5.93. The summed E-state index contributed by atoms with van der Waals surface area (Å²) >= 11 is 0. The van der Waals surface area contributed by atoms with Crippen LogP contribution in [0.15, 0.2) is 0 Å². The Labute approximate surface area is 119 Å². The summed E-state index contributed by atoms with van der Waals surface area (Å²) in [5.74, 6) is 1.95. The van der Waals surface area contributed by atoms with Gasteiger partial charge in [-0.15, -0.1) is 0 Å². The Hall–Kier alpha value is -0.0800. The third-order valence-corrected chi connectivity index (χ3v) is 5.58. The van der Waals surface area contributed by atoms with Crippen LogP contribution in [-0.4, -0.2) is 24.8 Å². The molecule has 1 saturated heterocycles. The molecule has 1 saturated carbocycles. The molecule has 2 aliphatic rings. The zero-order valence-electron chi connectivity index (χ0n) is 13.2. The van der Waals surface area contributed by atoms with Gasteiger partial charge in [0.2, 0.25) is 0 Å². The van der Waals surface area contributed by atoms with Gasteiger partial charge in [-0.05, 0) is 57.4 Å². The highest BCUT2D eigenvalue weighted by Crippen LogP contribution is 2.31. The maximum Gasteiger partial charge on any atom is 0.0666 e. The van der Waals surface area contributed by atoms with E-state index in [9.17, 15) is 0 Å². The number of hydrogen-bond donors (Lipinski definition) is 1. The van der Waals surface area contributed by atoms with Gasteiger partial charge in [0.25, 0.3) is 0 Å². The molecule has 2 atom stereocenters. The molecule has 1 aliphatic heterocycles. The average molecular weight is 267 g/mol. The predicted octanol–water partition coefficient (Wildman–Crippen LogP) is 4.14. The van der Waals surface area contributed by atoms with Gasteiger partial charge in [0.15, 0.2) is 0 Å². The average Bonchev–Trinajstić information content (AvgIpc) is 2.46. The van der Waals surface area contributed by atoms with E-state index in [-0.39, 0.29) is 5.60 Å². The molecule has 0 amide bonds. The first-order valence-electron chi connectivity index (χ1n) is 8.52. The van der Waals surface area contributed by atoms with Crippen LogP contribution in [0.2, 0.25) is 0 Å². The lowest BCUT2D eigenvalue weighted by Gasteiger charge is -2.39. The fraction of sp³-hybridized carbons (Fsp3) is 1.00. The number of ether oxygens (including phenoxy) is 1. The Morgan fingerprint density at radius 1 is 1.05 bits per heavy atom. The van der Waals surface area contributed by atoms with Crippen LogP contribution in [0, 0.1) is 11.8 Å². The van der Waals surface area contributed by atoms with E-state index in [0.717, 1.165) is 24.9 Å². The molecule has 2 unspecified atom stereocenters. The lowest BCUT2D eigenvalue weighted by Crippen LogP contribution is -2.46. The molecule has 0 aromatic carbocycles. The smallest absolute Gasteiger partial charge is 0.0666 e. The van der Waals surface area contributed by atoms with Gasteiger partial charge in [0.05, 0.1) is 5.60 Å². The molecule has 0 aromatic heterocycles. The van der Waals surface area contributed by atoms with Crippen molar-refractivity contribution >= 4 is 0 Å². The van der Waals surface area contributed by atoms with Crippen LogP contribution in [0.25, 0.3) is 0 Å². The molecule has 0 bridgehead atoms. The van der Waals surface area contributed by atoms with Gasteiger partial charge >= 0.3 is 0 Å². The van der Waals surface area contributed by atoms with Gasteiger partial charge in [-0.2, -0.15) is 0 Å². The van der Waals surface area contributed by atoms with E-state index < -0.39 is 0 Å². The summed E-state index contributed by atoms with van der Waals surface area (Å²) in [4.78, 5) is 0. The highest BCUT2D eigenvalue weighted by molar-refractivity contribution is 4.86. The molecule has 0 radical (unpaired) electrons. The van der Waals surface area contributed by atoms with Crippen molar-refractivity contribution in [3.8, 4) is 0 Å². The molecule has 0 aromatic rings. The largest absolute Gasteiger partial charge is 0.375 e. The Balaban J connectivity index is 1.68. The molecule has 19 heavy (non-hydrogen) atoms. The zero-order chi connectivity index (χ0) is 13.7. The van der Waals surface area contributed by atoms with E-state index in [4.69, 9.17) is 4.74 Å². The minimum Gasteiger partial charge on any atom is -0.375 e. The Kier molecular flexibility index (Phi) is 5.70. The molecule has 2 fully saturated rings. The highest BCUT2D eigenvalue weighted by atomic mass is 16.5. The molecule has 2 heteroatoms. The predicted molar refractivity (Wildman–Crippen MR) is 81.4 cm³/mol.